The van der Waals surface area contributed by atoms with Crippen LogP contribution in [0.2, 0.25) is 0 Å². The zero-order valence-corrected chi connectivity index (χ0v) is 13.3. The summed E-state index contributed by atoms with van der Waals surface area (Å²) in [5.74, 6) is 0.0380. The number of hydrogen-bond donors (Lipinski definition) is 2. The molecule has 0 aromatic rings. The summed E-state index contributed by atoms with van der Waals surface area (Å²) in [6.07, 6.45) is 0. The number of carbonyl (C=O) groups excluding carboxylic acids is 1. The first-order valence-electron chi connectivity index (χ1n) is 7.14. The molecule has 0 rings (SSSR count). The van der Waals surface area contributed by atoms with E-state index in [0.29, 0.717) is 46.2 Å². The number of amides is 1. The molecule has 0 heterocycles. The predicted molar refractivity (Wildman–Crippen MR) is 78.8 cm³/mol. The molecule has 0 aliphatic carbocycles. The van der Waals surface area contributed by atoms with Crippen LogP contribution in [-0.4, -0.2) is 65.7 Å². The second-order valence-electron chi connectivity index (χ2n) is 5.45. The SMILES string of the molecule is CNCCOCCOCCOCCNC(=O)C(C)(C)C. The molecule has 0 aromatic heterocycles. The van der Waals surface area contributed by atoms with Gasteiger partial charge < -0.3 is 24.8 Å². The Bertz CT molecular complexity index is 242. The molecular formula is C14H30N2O4. The van der Waals surface area contributed by atoms with Crippen molar-refractivity contribution in [3.8, 4) is 0 Å². The second-order valence-corrected chi connectivity index (χ2v) is 5.45. The maximum atomic E-state index is 11.5. The summed E-state index contributed by atoms with van der Waals surface area (Å²) in [7, 11) is 1.89. The van der Waals surface area contributed by atoms with Crippen LogP contribution in [0.5, 0.6) is 0 Å². The highest BCUT2D eigenvalue weighted by atomic mass is 16.5. The van der Waals surface area contributed by atoms with Crippen LogP contribution >= 0.6 is 0 Å². The third-order valence-electron chi connectivity index (χ3n) is 2.45. The average Bonchev–Trinajstić information content (AvgIpc) is 2.38. The first-order chi connectivity index (χ1) is 9.48. The maximum absolute atomic E-state index is 11.5. The monoisotopic (exact) mass is 290 g/mol. The van der Waals surface area contributed by atoms with Gasteiger partial charge in [0.1, 0.15) is 0 Å². The third kappa shape index (κ3) is 12.3. The van der Waals surface area contributed by atoms with Gasteiger partial charge in [0.2, 0.25) is 5.91 Å². The minimum atomic E-state index is -0.351. The van der Waals surface area contributed by atoms with Crippen molar-refractivity contribution in [1.29, 1.82) is 0 Å². The van der Waals surface area contributed by atoms with Crippen molar-refractivity contribution in [3.63, 3.8) is 0 Å². The van der Waals surface area contributed by atoms with E-state index in [1.54, 1.807) is 0 Å². The maximum Gasteiger partial charge on any atom is 0.225 e. The highest BCUT2D eigenvalue weighted by molar-refractivity contribution is 5.81. The molecule has 0 saturated carbocycles. The number of hydrogen-bond acceptors (Lipinski definition) is 5. The average molecular weight is 290 g/mol. The van der Waals surface area contributed by atoms with Gasteiger partial charge in [-0.05, 0) is 7.05 Å². The largest absolute Gasteiger partial charge is 0.378 e. The van der Waals surface area contributed by atoms with Crippen LogP contribution in [0.1, 0.15) is 20.8 Å². The first-order valence-corrected chi connectivity index (χ1v) is 7.14. The fourth-order valence-electron chi connectivity index (χ4n) is 1.22. The third-order valence-corrected chi connectivity index (χ3v) is 2.45. The molecule has 0 aromatic carbocycles. The van der Waals surface area contributed by atoms with Crippen molar-refractivity contribution in [2.75, 3.05) is 59.8 Å². The Labute approximate surface area is 122 Å². The Morgan fingerprint density at radius 3 is 1.75 bits per heavy atom. The van der Waals surface area contributed by atoms with Crippen LogP contribution in [-0.2, 0) is 19.0 Å². The van der Waals surface area contributed by atoms with Gasteiger partial charge in [0.05, 0.1) is 39.6 Å². The lowest BCUT2D eigenvalue weighted by Gasteiger charge is -2.17. The van der Waals surface area contributed by atoms with Crippen LogP contribution in [0.15, 0.2) is 0 Å². The fourth-order valence-corrected chi connectivity index (χ4v) is 1.22. The van der Waals surface area contributed by atoms with Gasteiger partial charge in [-0.1, -0.05) is 20.8 Å². The lowest BCUT2D eigenvalue weighted by molar-refractivity contribution is -0.128. The molecule has 0 aliphatic heterocycles. The lowest BCUT2D eigenvalue weighted by Crippen LogP contribution is -2.36. The molecule has 1 amide bonds. The van der Waals surface area contributed by atoms with Crippen molar-refractivity contribution < 1.29 is 19.0 Å². The number of nitrogens with one attached hydrogen (secondary N) is 2. The molecule has 0 saturated heterocycles. The molecule has 0 unspecified atom stereocenters. The van der Waals surface area contributed by atoms with Crippen molar-refractivity contribution >= 4 is 5.91 Å². The second kappa shape index (κ2) is 12.1. The van der Waals surface area contributed by atoms with Crippen LogP contribution < -0.4 is 10.6 Å². The Kier molecular flexibility index (Phi) is 11.7. The van der Waals surface area contributed by atoms with E-state index in [-0.39, 0.29) is 11.3 Å². The Morgan fingerprint density at radius 1 is 0.850 bits per heavy atom. The van der Waals surface area contributed by atoms with E-state index in [4.69, 9.17) is 14.2 Å². The van der Waals surface area contributed by atoms with Gasteiger partial charge in [0.15, 0.2) is 0 Å². The zero-order valence-electron chi connectivity index (χ0n) is 13.3. The summed E-state index contributed by atoms with van der Waals surface area (Å²) in [4.78, 5) is 11.5. The molecule has 120 valence electrons. The molecule has 6 nitrogen and oxygen atoms in total. The summed E-state index contributed by atoms with van der Waals surface area (Å²) in [6, 6.07) is 0. The number of likely N-dealkylation sites (N-methyl/N-ethyl adjacent to an activating group) is 1. The first kappa shape index (κ1) is 19.3. The molecule has 0 radical (unpaired) electrons. The summed E-state index contributed by atoms with van der Waals surface area (Å²) < 4.78 is 16.0. The number of ether oxygens (including phenoxy) is 3. The van der Waals surface area contributed by atoms with Crippen LogP contribution in [0.4, 0.5) is 0 Å². The normalized spacial score (nSPS) is 11.6. The highest BCUT2D eigenvalue weighted by Gasteiger charge is 2.20. The molecule has 0 aliphatic rings. The van der Waals surface area contributed by atoms with Gasteiger partial charge in [-0.15, -0.1) is 0 Å². The van der Waals surface area contributed by atoms with Gasteiger partial charge in [-0.25, -0.2) is 0 Å². The van der Waals surface area contributed by atoms with Crippen LogP contribution in [0, 0.1) is 5.41 Å². The minimum Gasteiger partial charge on any atom is -0.378 e. The van der Waals surface area contributed by atoms with E-state index in [9.17, 15) is 4.79 Å². The smallest absolute Gasteiger partial charge is 0.225 e. The molecule has 20 heavy (non-hydrogen) atoms. The van der Waals surface area contributed by atoms with Crippen molar-refractivity contribution in [2.45, 2.75) is 20.8 Å². The van der Waals surface area contributed by atoms with Crippen LogP contribution in [0.3, 0.4) is 0 Å². The van der Waals surface area contributed by atoms with Gasteiger partial charge in [-0.3, -0.25) is 4.79 Å². The summed E-state index contributed by atoms with van der Waals surface area (Å²) in [5, 5.41) is 5.82. The fraction of sp³-hybridized carbons (Fsp3) is 0.929. The van der Waals surface area contributed by atoms with E-state index in [1.807, 2.05) is 27.8 Å². The van der Waals surface area contributed by atoms with Crippen molar-refractivity contribution in [1.82, 2.24) is 10.6 Å². The van der Waals surface area contributed by atoms with Crippen molar-refractivity contribution in [2.24, 2.45) is 5.41 Å². The van der Waals surface area contributed by atoms with Crippen molar-refractivity contribution in [3.05, 3.63) is 0 Å². The quantitative estimate of drug-likeness (QED) is 0.510. The predicted octanol–water partition coefficient (Wildman–Crippen LogP) is 0.418. The molecule has 2 N–H and O–H groups in total. The van der Waals surface area contributed by atoms with E-state index in [2.05, 4.69) is 10.6 Å². The molecule has 0 fully saturated rings. The number of carbonyl (C=O) groups is 1. The topological polar surface area (TPSA) is 68.8 Å². The van der Waals surface area contributed by atoms with Crippen LogP contribution in [0.25, 0.3) is 0 Å². The Hall–Kier alpha value is -0.690. The van der Waals surface area contributed by atoms with E-state index in [1.165, 1.54) is 0 Å². The Morgan fingerprint density at radius 2 is 1.30 bits per heavy atom. The lowest BCUT2D eigenvalue weighted by atomic mass is 9.96. The van der Waals surface area contributed by atoms with E-state index < -0.39 is 0 Å². The molecular weight excluding hydrogens is 260 g/mol. The van der Waals surface area contributed by atoms with Gasteiger partial charge in [0, 0.05) is 18.5 Å². The molecule has 0 spiro atoms. The standard InChI is InChI=1S/C14H30N2O4/c1-14(2,3)13(17)16-6-8-19-10-12-20-11-9-18-7-5-15-4/h15H,5-12H2,1-4H3,(H,16,17). The van der Waals surface area contributed by atoms with Gasteiger partial charge in [0.25, 0.3) is 0 Å². The summed E-state index contributed by atoms with van der Waals surface area (Å²) >= 11 is 0. The summed E-state index contributed by atoms with van der Waals surface area (Å²) in [5.41, 5.74) is -0.351. The van der Waals surface area contributed by atoms with Gasteiger partial charge in [-0.2, -0.15) is 0 Å². The zero-order chi connectivity index (χ0) is 15.3. The van der Waals surface area contributed by atoms with E-state index >= 15 is 0 Å². The minimum absolute atomic E-state index is 0.0380. The van der Waals surface area contributed by atoms with Gasteiger partial charge >= 0.3 is 0 Å². The number of rotatable bonds is 12. The molecule has 0 atom stereocenters. The molecule has 6 heteroatoms. The Balaban J connectivity index is 3.16. The molecule has 0 bridgehead atoms. The van der Waals surface area contributed by atoms with E-state index in [0.717, 1.165) is 6.54 Å². The highest BCUT2D eigenvalue weighted by Crippen LogP contribution is 2.11. The summed E-state index contributed by atoms with van der Waals surface area (Å²) in [6.45, 7) is 10.5.